The molecule has 1 aliphatic heterocycles. The molecule has 26 heavy (non-hydrogen) atoms. The van der Waals surface area contributed by atoms with Crippen LogP contribution in [0.5, 0.6) is 0 Å². The number of carbonyl (C=O) groups is 1. The van der Waals surface area contributed by atoms with Crippen LogP contribution in [0.3, 0.4) is 0 Å². The van der Waals surface area contributed by atoms with Gasteiger partial charge in [0.1, 0.15) is 6.04 Å². The van der Waals surface area contributed by atoms with Crippen LogP contribution in [0.25, 0.3) is 10.8 Å². The number of fused-ring (bicyclic) bond motifs is 1. The summed E-state index contributed by atoms with van der Waals surface area (Å²) < 4.78 is 41.6. The molecule has 0 aliphatic carbocycles. The van der Waals surface area contributed by atoms with E-state index in [0.29, 0.717) is 0 Å². The zero-order valence-electron chi connectivity index (χ0n) is 15.3. The van der Waals surface area contributed by atoms with Crippen LogP contribution in [-0.2, 0) is 4.79 Å². The number of alkyl halides is 3. The number of benzene rings is 2. The molecule has 6 heteroatoms. The van der Waals surface area contributed by atoms with Crippen molar-refractivity contribution in [1.29, 1.82) is 0 Å². The molecule has 1 unspecified atom stereocenters. The summed E-state index contributed by atoms with van der Waals surface area (Å²) in [6.45, 7) is 7.41. The van der Waals surface area contributed by atoms with Gasteiger partial charge in [0.05, 0.1) is 5.41 Å². The van der Waals surface area contributed by atoms with Gasteiger partial charge in [0.15, 0.2) is 0 Å². The van der Waals surface area contributed by atoms with Gasteiger partial charge in [-0.15, -0.1) is 0 Å². The van der Waals surface area contributed by atoms with E-state index >= 15 is 0 Å². The molecule has 2 aromatic carbocycles. The molecular weight excluding hydrogens is 341 g/mol. The minimum atomic E-state index is -4.50. The Kier molecular flexibility index (Phi) is 4.51. The molecule has 1 amide bonds. The molecule has 3 rings (SSSR count). The van der Waals surface area contributed by atoms with Crippen LogP contribution in [-0.4, -0.2) is 23.6 Å². The van der Waals surface area contributed by atoms with Crippen molar-refractivity contribution in [3.05, 3.63) is 47.5 Å². The third-order valence-electron chi connectivity index (χ3n) is 4.92. The molecule has 0 spiro atoms. The second-order valence-electron chi connectivity index (χ2n) is 7.88. The molecule has 0 saturated carbocycles. The molecule has 1 N–H and O–H groups in total. The van der Waals surface area contributed by atoms with Gasteiger partial charge in [-0.3, -0.25) is 10.2 Å². The van der Waals surface area contributed by atoms with Crippen LogP contribution < -0.4 is 5.43 Å². The summed E-state index contributed by atoms with van der Waals surface area (Å²) in [5, 5.41) is 2.74. The normalized spacial score (nSPS) is 19.2. The highest BCUT2D eigenvalue weighted by Crippen LogP contribution is 2.41. The van der Waals surface area contributed by atoms with Gasteiger partial charge in [0.2, 0.25) is 5.91 Å². The largest absolute Gasteiger partial charge is 0.409 e. The van der Waals surface area contributed by atoms with E-state index in [9.17, 15) is 18.0 Å². The van der Waals surface area contributed by atoms with Crippen molar-refractivity contribution >= 4 is 16.7 Å². The number of carbonyl (C=O) groups excluding carboxylic acids is 1. The summed E-state index contributed by atoms with van der Waals surface area (Å²) in [7, 11) is 0. The topological polar surface area (TPSA) is 32.3 Å². The van der Waals surface area contributed by atoms with Crippen molar-refractivity contribution in [1.82, 2.24) is 10.4 Å². The molecule has 0 radical (unpaired) electrons. The highest BCUT2D eigenvalue weighted by molar-refractivity contribution is 5.87. The van der Waals surface area contributed by atoms with Crippen LogP contribution in [0, 0.1) is 5.41 Å². The van der Waals surface area contributed by atoms with Crippen LogP contribution in [0.15, 0.2) is 36.4 Å². The lowest BCUT2D eigenvalue weighted by molar-refractivity contribution is -0.191. The first kappa shape index (κ1) is 18.7. The summed E-state index contributed by atoms with van der Waals surface area (Å²) in [4.78, 5) is 12.0. The van der Waals surface area contributed by atoms with Gasteiger partial charge < -0.3 is 0 Å². The Labute approximate surface area is 151 Å². The number of hydrogen-bond acceptors (Lipinski definition) is 2. The second kappa shape index (κ2) is 6.27. The quantitative estimate of drug-likeness (QED) is 0.837. The van der Waals surface area contributed by atoms with Gasteiger partial charge in [-0.1, -0.05) is 44.2 Å². The molecule has 1 saturated heterocycles. The number of rotatable bonds is 3. The van der Waals surface area contributed by atoms with E-state index < -0.39 is 23.5 Å². The lowest BCUT2D eigenvalue weighted by Crippen LogP contribution is -2.43. The van der Waals surface area contributed by atoms with Crippen LogP contribution in [0.4, 0.5) is 13.2 Å². The van der Waals surface area contributed by atoms with E-state index in [4.69, 9.17) is 0 Å². The van der Waals surface area contributed by atoms with Crippen molar-refractivity contribution in [3.8, 4) is 0 Å². The number of nitrogens with zero attached hydrogens (tertiary/aromatic N) is 1. The third-order valence-corrected chi connectivity index (χ3v) is 4.92. The number of halogens is 3. The Balaban J connectivity index is 2.07. The SMILES string of the molecule is CC(C)c1cccc2cc(C(N3CC(C)(C)C(=O)N3)C(F)(F)F)ccc12. The van der Waals surface area contributed by atoms with Crippen LogP contribution in [0.2, 0.25) is 0 Å². The molecule has 0 bridgehead atoms. The average Bonchev–Trinajstić information content (AvgIpc) is 2.77. The van der Waals surface area contributed by atoms with E-state index in [0.717, 1.165) is 21.3 Å². The van der Waals surface area contributed by atoms with E-state index in [1.54, 1.807) is 26.0 Å². The summed E-state index contributed by atoms with van der Waals surface area (Å²) in [6, 6.07) is 8.66. The maximum atomic E-state index is 13.9. The molecule has 1 fully saturated rings. The average molecular weight is 364 g/mol. The van der Waals surface area contributed by atoms with Gasteiger partial charge in [-0.25, -0.2) is 5.01 Å². The van der Waals surface area contributed by atoms with Gasteiger partial charge in [0, 0.05) is 6.54 Å². The zero-order valence-corrected chi connectivity index (χ0v) is 15.3. The molecule has 1 atom stereocenters. The summed E-state index contributed by atoms with van der Waals surface area (Å²) in [5.41, 5.74) is 2.78. The van der Waals surface area contributed by atoms with E-state index in [1.807, 2.05) is 18.2 Å². The highest BCUT2D eigenvalue weighted by atomic mass is 19.4. The fourth-order valence-corrected chi connectivity index (χ4v) is 3.52. The number of hydrazine groups is 1. The lowest BCUT2D eigenvalue weighted by atomic mass is 9.92. The lowest BCUT2D eigenvalue weighted by Gasteiger charge is -2.30. The van der Waals surface area contributed by atoms with Crippen molar-refractivity contribution in [2.75, 3.05) is 6.54 Å². The predicted molar refractivity (Wildman–Crippen MR) is 95.5 cm³/mol. The Morgan fingerprint density at radius 1 is 1.15 bits per heavy atom. The number of amides is 1. The van der Waals surface area contributed by atoms with Gasteiger partial charge >= 0.3 is 6.18 Å². The van der Waals surface area contributed by atoms with Crippen molar-refractivity contribution in [3.63, 3.8) is 0 Å². The first-order chi connectivity index (χ1) is 12.0. The molecule has 2 aromatic rings. The van der Waals surface area contributed by atoms with Gasteiger partial charge in [-0.05, 0) is 47.7 Å². The second-order valence-corrected chi connectivity index (χ2v) is 7.88. The van der Waals surface area contributed by atoms with Crippen LogP contribution in [0.1, 0.15) is 50.8 Å². The first-order valence-electron chi connectivity index (χ1n) is 8.68. The predicted octanol–water partition coefficient (Wildman–Crippen LogP) is 4.94. The minimum Gasteiger partial charge on any atom is -0.287 e. The fourth-order valence-electron chi connectivity index (χ4n) is 3.52. The highest BCUT2D eigenvalue weighted by Gasteiger charge is 2.51. The third kappa shape index (κ3) is 3.30. The van der Waals surface area contributed by atoms with Crippen molar-refractivity contribution < 1.29 is 18.0 Å². The maximum absolute atomic E-state index is 13.9. The molecule has 1 aliphatic rings. The molecule has 1 heterocycles. The summed E-state index contributed by atoms with van der Waals surface area (Å²) in [6.07, 6.45) is -4.50. The molecule has 140 valence electrons. The summed E-state index contributed by atoms with van der Waals surface area (Å²) >= 11 is 0. The van der Waals surface area contributed by atoms with E-state index in [1.165, 1.54) is 6.07 Å². The minimum absolute atomic E-state index is 0.0000803. The van der Waals surface area contributed by atoms with Gasteiger partial charge in [-0.2, -0.15) is 13.2 Å². The van der Waals surface area contributed by atoms with Gasteiger partial charge in [0.25, 0.3) is 0 Å². The number of hydrogen-bond donors (Lipinski definition) is 1. The van der Waals surface area contributed by atoms with E-state index in [2.05, 4.69) is 19.3 Å². The molecular formula is C20H23F3N2O. The monoisotopic (exact) mass is 364 g/mol. The Bertz CT molecular complexity index is 843. The smallest absolute Gasteiger partial charge is 0.287 e. The zero-order chi connectivity index (χ0) is 19.3. The van der Waals surface area contributed by atoms with Crippen LogP contribution >= 0.6 is 0 Å². The van der Waals surface area contributed by atoms with Crippen molar-refractivity contribution in [2.24, 2.45) is 5.41 Å². The Morgan fingerprint density at radius 3 is 2.38 bits per heavy atom. The standard InChI is InChI=1S/C20H23F3N2O/c1-12(2)15-7-5-6-13-10-14(8-9-16(13)15)17(20(21,22)23)25-11-19(3,4)18(26)24-25/h5-10,12,17H,11H2,1-4H3,(H,24,26). The first-order valence-corrected chi connectivity index (χ1v) is 8.68. The van der Waals surface area contributed by atoms with E-state index in [-0.39, 0.29) is 18.0 Å². The Morgan fingerprint density at radius 2 is 1.85 bits per heavy atom. The Hall–Kier alpha value is -2.08. The molecule has 3 nitrogen and oxygen atoms in total. The fraction of sp³-hybridized carbons (Fsp3) is 0.450. The summed E-state index contributed by atoms with van der Waals surface area (Å²) in [5.74, 6) is -0.115. The maximum Gasteiger partial charge on any atom is 0.409 e. The van der Waals surface area contributed by atoms with Crippen molar-refractivity contribution in [2.45, 2.75) is 45.8 Å². The number of nitrogens with one attached hydrogen (secondary N) is 1. The molecule has 0 aromatic heterocycles.